The Morgan fingerprint density at radius 1 is 0.429 bits per heavy atom. The Kier molecular flexibility index (Phi) is 8.11. The van der Waals surface area contributed by atoms with Gasteiger partial charge in [0.25, 0.3) is 0 Å². The minimum atomic E-state index is -6.41. The summed E-state index contributed by atoms with van der Waals surface area (Å²) in [6.07, 6.45) is -25.1. The average Bonchev–Trinajstić information content (AvgIpc) is 2.77. The van der Waals surface area contributed by atoms with Crippen LogP contribution in [0.25, 0.3) is 0 Å². The fourth-order valence-corrected chi connectivity index (χ4v) is 3.78. The summed E-state index contributed by atoms with van der Waals surface area (Å²) in [6, 6.07) is -2.19. The van der Waals surface area contributed by atoms with Gasteiger partial charge < -0.3 is 20.4 Å². The van der Waals surface area contributed by atoms with Crippen LogP contribution < -0.4 is 0 Å². The lowest BCUT2D eigenvalue weighted by Crippen LogP contribution is -2.29. The topological polar surface area (TPSA) is 166 Å². The third-order valence-electron chi connectivity index (χ3n) is 5.18. The van der Waals surface area contributed by atoms with E-state index in [0.717, 1.165) is 0 Å². The lowest BCUT2D eigenvalue weighted by Gasteiger charge is -2.23. The van der Waals surface area contributed by atoms with Crippen LogP contribution in [0, 0.1) is 0 Å². The van der Waals surface area contributed by atoms with Crippen molar-refractivity contribution < 1.29 is 97.1 Å². The lowest BCUT2D eigenvalue weighted by molar-refractivity contribution is -0.142. The van der Waals surface area contributed by atoms with Gasteiger partial charge in [0.05, 0.1) is 44.5 Å². The molecule has 0 fully saturated rings. The van der Waals surface area contributed by atoms with Gasteiger partial charge in [-0.15, -0.1) is 0 Å². The van der Waals surface area contributed by atoms with Crippen molar-refractivity contribution in [1.29, 1.82) is 0 Å². The number of carboxylic acids is 4. The number of ketones is 1. The third-order valence-corrected chi connectivity index (χ3v) is 5.18. The molecule has 0 saturated heterocycles. The smallest absolute Gasteiger partial charge is 0.417 e. The first-order valence-electron chi connectivity index (χ1n) is 9.84. The summed E-state index contributed by atoms with van der Waals surface area (Å²) < 4.78 is 165. The van der Waals surface area contributed by atoms with E-state index in [-0.39, 0.29) is 0 Å². The first-order chi connectivity index (χ1) is 18.7. The van der Waals surface area contributed by atoms with Crippen LogP contribution >= 0.6 is 0 Å². The molecule has 9 nitrogen and oxygen atoms in total. The maximum Gasteiger partial charge on any atom is 0.417 e. The summed E-state index contributed by atoms with van der Waals surface area (Å²) in [6.45, 7) is 0. The maximum absolute atomic E-state index is 13.9. The molecule has 0 atom stereocenters. The molecule has 0 amide bonds. The number of benzene rings is 2. The van der Waals surface area contributed by atoms with E-state index in [1.807, 2.05) is 0 Å². The number of carbonyl (C=O) groups is 5. The molecule has 0 aromatic heterocycles. The zero-order chi connectivity index (χ0) is 33.1. The van der Waals surface area contributed by atoms with Crippen LogP contribution in [0.2, 0.25) is 0 Å². The van der Waals surface area contributed by atoms with Gasteiger partial charge in [-0.1, -0.05) is 0 Å². The van der Waals surface area contributed by atoms with Crippen molar-refractivity contribution in [2.24, 2.45) is 0 Å². The van der Waals surface area contributed by atoms with Gasteiger partial charge in [-0.3, -0.25) is 4.79 Å². The van der Waals surface area contributed by atoms with Crippen LogP contribution in [-0.4, -0.2) is 50.1 Å². The summed E-state index contributed by atoms with van der Waals surface area (Å²) in [5, 5.41) is 36.4. The van der Waals surface area contributed by atoms with Crippen LogP contribution in [-0.2, 0) is 24.7 Å². The highest BCUT2D eigenvalue weighted by Crippen LogP contribution is 2.46. The Labute approximate surface area is 220 Å². The highest BCUT2D eigenvalue weighted by Gasteiger charge is 2.51. The van der Waals surface area contributed by atoms with E-state index < -0.39 is 122 Å². The van der Waals surface area contributed by atoms with Crippen molar-refractivity contribution >= 4 is 29.7 Å². The van der Waals surface area contributed by atoms with Crippen molar-refractivity contribution in [3.05, 3.63) is 67.8 Å². The highest BCUT2D eigenvalue weighted by atomic mass is 19.4. The Bertz CT molecular complexity index is 1430. The van der Waals surface area contributed by atoms with E-state index in [9.17, 15) is 76.7 Å². The summed E-state index contributed by atoms with van der Waals surface area (Å²) in [5.74, 6) is -15.4. The molecular weight excluding hydrogens is 624 g/mol. The summed E-state index contributed by atoms with van der Waals surface area (Å²) >= 11 is 0. The zero-order valence-corrected chi connectivity index (χ0v) is 19.0. The van der Waals surface area contributed by atoms with E-state index in [4.69, 9.17) is 20.4 Å². The fourth-order valence-electron chi connectivity index (χ4n) is 3.78. The molecule has 4 N–H and O–H groups in total. The number of hydrogen-bond acceptors (Lipinski definition) is 5. The standard InChI is InChI=1S/C21H6F12O9/c22-18(23,24)5-1-3(11(20(28,29)30)9(16(39)40)7(5)14(35)36)13(34)4-2-6(19(25,26)27)8(15(37)38)10(17(41)42)12(4)21(31,32)33/h1-2H,(H,35,36)(H,37,38)(H,39,40)(H,41,42). The highest BCUT2D eigenvalue weighted by molar-refractivity contribution is 6.17. The number of rotatable bonds is 6. The molecular formula is C21H6F12O9. The lowest BCUT2D eigenvalue weighted by atomic mass is 9.83. The normalized spacial score (nSPS) is 12.7. The summed E-state index contributed by atoms with van der Waals surface area (Å²) in [7, 11) is 0. The number of halogens is 12. The van der Waals surface area contributed by atoms with Crippen LogP contribution in [0.15, 0.2) is 12.1 Å². The summed E-state index contributed by atoms with van der Waals surface area (Å²) in [5.41, 5.74) is -28.7. The van der Waals surface area contributed by atoms with Crippen molar-refractivity contribution in [1.82, 2.24) is 0 Å². The molecule has 0 heterocycles. The van der Waals surface area contributed by atoms with Gasteiger partial charge in [-0.2, -0.15) is 52.7 Å². The second kappa shape index (κ2) is 10.2. The fraction of sp³-hybridized carbons (Fsp3) is 0.190. The Hall–Kier alpha value is -4.85. The van der Waals surface area contributed by atoms with Gasteiger partial charge in [0.1, 0.15) is 0 Å². The van der Waals surface area contributed by atoms with Gasteiger partial charge in [0, 0.05) is 11.1 Å². The minimum absolute atomic E-state index is 1.10. The number of hydrogen-bond donors (Lipinski definition) is 4. The van der Waals surface area contributed by atoms with Gasteiger partial charge in [0.2, 0.25) is 0 Å². The molecule has 0 saturated carbocycles. The predicted molar refractivity (Wildman–Crippen MR) is 104 cm³/mol. The Morgan fingerprint density at radius 2 is 0.667 bits per heavy atom. The zero-order valence-electron chi connectivity index (χ0n) is 19.0. The summed E-state index contributed by atoms with van der Waals surface area (Å²) in [4.78, 5) is 58.9. The molecule has 228 valence electrons. The van der Waals surface area contributed by atoms with Crippen molar-refractivity contribution in [2.45, 2.75) is 24.7 Å². The monoisotopic (exact) mass is 630 g/mol. The molecule has 21 heteroatoms. The maximum atomic E-state index is 13.9. The molecule has 0 radical (unpaired) electrons. The van der Waals surface area contributed by atoms with E-state index >= 15 is 0 Å². The molecule has 2 rings (SSSR count). The molecule has 0 unspecified atom stereocenters. The largest absolute Gasteiger partial charge is 0.478 e. The quantitative estimate of drug-likeness (QED) is 0.228. The first kappa shape index (κ1) is 33.4. The Morgan fingerprint density at radius 3 is 0.833 bits per heavy atom. The number of alkyl halides is 12. The van der Waals surface area contributed by atoms with Crippen LogP contribution in [0.5, 0.6) is 0 Å². The van der Waals surface area contributed by atoms with Crippen LogP contribution in [0.4, 0.5) is 52.7 Å². The number of aromatic carboxylic acids is 4. The molecule has 2 aromatic carbocycles. The van der Waals surface area contributed by atoms with Gasteiger partial charge in [-0.05, 0) is 12.1 Å². The van der Waals surface area contributed by atoms with E-state index in [1.165, 1.54) is 0 Å². The molecule has 0 aliphatic carbocycles. The van der Waals surface area contributed by atoms with Crippen molar-refractivity contribution in [3.8, 4) is 0 Å². The van der Waals surface area contributed by atoms with Crippen molar-refractivity contribution in [3.63, 3.8) is 0 Å². The number of carbonyl (C=O) groups excluding carboxylic acids is 1. The van der Waals surface area contributed by atoms with E-state index in [2.05, 4.69) is 0 Å². The van der Waals surface area contributed by atoms with E-state index in [1.54, 1.807) is 0 Å². The number of carboxylic acid groups (broad SMARTS) is 4. The Balaban J connectivity index is 3.44. The molecule has 0 bridgehead atoms. The second-order valence-corrected chi connectivity index (χ2v) is 7.73. The van der Waals surface area contributed by atoms with Gasteiger partial charge in [0.15, 0.2) is 5.78 Å². The molecule has 0 aliphatic heterocycles. The first-order valence-corrected chi connectivity index (χ1v) is 9.84. The molecule has 0 aliphatic rings. The molecule has 0 spiro atoms. The average molecular weight is 630 g/mol. The second-order valence-electron chi connectivity index (χ2n) is 7.73. The minimum Gasteiger partial charge on any atom is -0.478 e. The van der Waals surface area contributed by atoms with Crippen LogP contribution in [0.3, 0.4) is 0 Å². The SMILES string of the molecule is O=C(c1cc(C(F)(F)F)c(C(=O)O)c(C(=O)O)c1C(F)(F)F)c1cc(C(F)(F)F)c(C(=O)O)c(C(=O)O)c1C(F)(F)F. The third kappa shape index (κ3) is 5.93. The predicted octanol–water partition coefficient (Wildman–Crippen LogP) is 5.79. The van der Waals surface area contributed by atoms with E-state index in [0.29, 0.717) is 0 Å². The molecule has 42 heavy (non-hydrogen) atoms. The molecule has 2 aromatic rings. The van der Waals surface area contributed by atoms with Gasteiger partial charge >= 0.3 is 48.6 Å². The van der Waals surface area contributed by atoms with Gasteiger partial charge in [-0.25, -0.2) is 19.2 Å². The van der Waals surface area contributed by atoms with Crippen molar-refractivity contribution in [2.75, 3.05) is 0 Å². The van der Waals surface area contributed by atoms with Crippen LogP contribution in [0.1, 0.15) is 79.6 Å².